The van der Waals surface area contributed by atoms with Gasteiger partial charge < -0.3 is 9.80 Å². The van der Waals surface area contributed by atoms with E-state index in [0.717, 1.165) is 43.1 Å². The van der Waals surface area contributed by atoms with Gasteiger partial charge in [0.15, 0.2) is 11.5 Å². The van der Waals surface area contributed by atoms with Crippen LogP contribution in [-0.2, 0) is 11.2 Å². The minimum atomic E-state index is 0.202. The van der Waals surface area contributed by atoms with Crippen molar-refractivity contribution in [2.24, 2.45) is 0 Å². The Bertz CT molecular complexity index is 1240. The van der Waals surface area contributed by atoms with Crippen LogP contribution in [0.1, 0.15) is 23.4 Å². The highest BCUT2D eigenvalue weighted by Gasteiger charge is 2.22. The van der Waals surface area contributed by atoms with E-state index in [9.17, 15) is 4.79 Å². The predicted octanol–water partition coefficient (Wildman–Crippen LogP) is 2.21. The molecule has 0 aliphatic carbocycles. The van der Waals surface area contributed by atoms with Gasteiger partial charge in [-0.1, -0.05) is 18.2 Å². The zero-order valence-electron chi connectivity index (χ0n) is 18.3. The van der Waals surface area contributed by atoms with Gasteiger partial charge in [-0.15, -0.1) is 15.3 Å². The van der Waals surface area contributed by atoms with E-state index < -0.39 is 0 Å². The SMILES string of the molecule is Cc1nn(-c2ccc3nncn3n2)c(C)c1CCC(=O)N1CCN(c2ccccc2)CC1. The number of hydrogen-bond acceptors (Lipinski definition) is 6. The first kappa shape index (κ1) is 20.2. The molecule has 1 aliphatic heterocycles. The Morgan fingerprint density at radius 3 is 2.53 bits per heavy atom. The number of piperazine rings is 1. The normalized spacial score (nSPS) is 14.3. The number of carbonyl (C=O) groups excluding carboxylic acids is 1. The fraction of sp³-hybridized carbons (Fsp3) is 0.348. The van der Waals surface area contributed by atoms with Crippen LogP contribution in [0.15, 0.2) is 48.8 Å². The zero-order valence-corrected chi connectivity index (χ0v) is 18.3. The summed E-state index contributed by atoms with van der Waals surface area (Å²) in [5, 5.41) is 17.1. The summed E-state index contributed by atoms with van der Waals surface area (Å²) in [5.41, 5.74) is 4.94. The lowest BCUT2D eigenvalue weighted by atomic mass is 10.1. The Hall–Kier alpha value is -3.75. The lowest BCUT2D eigenvalue weighted by Crippen LogP contribution is -2.48. The van der Waals surface area contributed by atoms with Gasteiger partial charge in [0.1, 0.15) is 6.33 Å². The molecule has 1 aliphatic rings. The number of rotatable bonds is 5. The minimum absolute atomic E-state index is 0.202. The van der Waals surface area contributed by atoms with Crippen molar-refractivity contribution in [3.05, 3.63) is 65.7 Å². The molecule has 9 nitrogen and oxygen atoms in total. The molecule has 9 heteroatoms. The topological polar surface area (TPSA) is 84.4 Å². The van der Waals surface area contributed by atoms with Crippen LogP contribution in [0.4, 0.5) is 5.69 Å². The number of aryl methyl sites for hydroxylation is 1. The van der Waals surface area contributed by atoms with Crippen molar-refractivity contribution in [1.82, 2.24) is 34.5 Å². The Morgan fingerprint density at radius 1 is 0.969 bits per heavy atom. The van der Waals surface area contributed by atoms with Gasteiger partial charge >= 0.3 is 0 Å². The molecule has 5 rings (SSSR count). The van der Waals surface area contributed by atoms with Crippen molar-refractivity contribution in [3.63, 3.8) is 0 Å². The lowest BCUT2D eigenvalue weighted by molar-refractivity contribution is -0.131. The number of hydrogen-bond donors (Lipinski definition) is 0. The fourth-order valence-electron chi connectivity index (χ4n) is 4.33. The van der Waals surface area contributed by atoms with Gasteiger partial charge in [0.2, 0.25) is 5.91 Å². The molecule has 0 spiro atoms. The first-order valence-corrected chi connectivity index (χ1v) is 10.9. The average Bonchev–Trinajstić information content (AvgIpc) is 3.41. The summed E-state index contributed by atoms with van der Waals surface area (Å²) < 4.78 is 3.46. The third-order valence-electron chi connectivity index (χ3n) is 6.15. The largest absolute Gasteiger partial charge is 0.368 e. The molecule has 1 aromatic carbocycles. The van der Waals surface area contributed by atoms with Crippen LogP contribution in [0.25, 0.3) is 11.5 Å². The Balaban J connectivity index is 1.23. The second kappa shape index (κ2) is 8.41. The molecule has 164 valence electrons. The maximum atomic E-state index is 12.9. The summed E-state index contributed by atoms with van der Waals surface area (Å²) in [6, 6.07) is 14.1. The smallest absolute Gasteiger partial charge is 0.223 e. The van der Waals surface area contributed by atoms with E-state index in [1.165, 1.54) is 5.69 Å². The number of fused-ring (bicyclic) bond motifs is 1. The average molecular weight is 431 g/mol. The summed E-state index contributed by atoms with van der Waals surface area (Å²) in [7, 11) is 0. The van der Waals surface area contributed by atoms with Crippen LogP contribution in [-0.4, -0.2) is 66.6 Å². The van der Waals surface area contributed by atoms with Gasteiger partial charge in [0.25, 0.3) is 0 Å². The molecule has 4 aromatic rings. The summed E-state index contributed by atoms with van der Waals surface area (Å²) in [6.07, 6.45) is 2.72. The van der Waals surface area contributed by atoms with Crippen LogP contribution in [0.5, 0.6) is 0 Å². The van der Waals surface area contributed by atoms with Crippen LogP contribution in [0.3, 0.4) is 0 Å². The molecule has 1 fully saturated rings. The van der Waals surface area contributed by atoms with Crippen molar-refractivity contribution in [2.75, 3.05) is 31.1 Å². The maximum absolute atomic E-state index is 12.9. The standard InChI is InChI=1S/C23H26N8O/c1-17-20(18(2)31(26-17)22-10-9-21-25-24-16-30(21)27-22)8-11-23(32)29-14-12-28(13-15-29)19-6-4-3-5-7-19/h3-7,9-10,16H,8,11-15H2,1-2H3. The fourth-order valence-corrected chi connectivity index (χ4v) is 4.33. The second-order valence-electron chi connectivity index (χ2n) is 8.09. The van der Waals surface area contributed by atoms with Crippen LogP contribution < -0.4 is 4.90 Å². The second-order valence-corrected chi connectivity index (χ2v) is 8.09. The van der Waals surface area contributed by atoms with Gasteiger partial charge in [0, 0.05) is 44.0 Å². The van der Waals surface area contributed by atoms with E-state index in [0.29, 0.717) is 24.3 Å². The Labute approximate surface area is 186 Å². The minimum Gasteiger partial charge on any atom is -0.368 e. The van der Waals surface area contributed by atoms with E-state index in [-0.39, 0.29) is 5.91 Å². The van der Waals surface area contributed by atoms with Gasteiger partial charge in [-0.05, 0) is 50.1 Å². The molecular formula is C23H26N8O. The van der Waals surface area contributed by atoms with Crippen LogP contribution in [0.2, 0.25) is 0 Å². The van der Waals surface area contributed by atoms with Gasteiger partial charge in [-0.2, -0.15) is 9.61 Å². The highest BCUT2D eigenvalue weighted by atomic mass is 16.2. The number of aromatic nitrogens is 6. The molecule has 32 heavy (non-hydrogen) atoms. The molecule has 0 unspecified atom stereocenters. The number of carbonyl (C=O) groups is 1. The monoisotopic (exact) mass is 430 g/mol. The molecule has 0 bridgehead atoms. The summed E-state index contributed by atoms with van der Waals surface area (Å²) in [5.74, 6) is 0.904. The predicted molar refractivity (Wildman–Crippen MR) is 121 cm³/mol. The van der Waals surface area contributed by atoms with Gasteiger partial charge in [0.05, 0.1) is 5.69 Å². The van der Waals surface area contributed by atoms with E-state index in [1.807, 2.05) is 41.6 Å². The molecule has 1 amide bonds. The van der Waals surface area contributed by atoms with Crippen molar-refractivity contribution < 1.29 is 4.79 Å². The first-order chi connectivity index (χ1) is 15.6. The molecular weight excluding hydrogens is 404 g/mol. The zero-order chi connectivity index (χ0) is 22.1. The molecule has 0 saturated carbocycles. The third kappa shape index (κ3) is 3.81. The number of para-hydroxylation sites is 1. The third-order valence-corrected chi connectivity index (χ3v) is 6.15. The number of amides is 1. The summed E-state index contributed by atoms with van der Waals surface area (Å²) in [4.78, 5) is 17.2. The molecule has 3 aromatic heterocycles. The molecule has 0 N–H and O–H groups in total. The molecule has 0 atom stereocenters. The number of nitrogens with zero attached hydrogens (tertiary/aromatic N) is 8. The lowest BCUT2D eigenvalue weighted by Gasteiger charge is -2.36. The molecule has 1 saturated heterocycles. The van der Waals surface area contributed by atoms with Crippen molar-refractivity contribution in [3.8, 4) is 5.82 Å². The Kier molecular flexibility index (Phi) is 5.30. The van der Waals surface area contributed by atoms with E-state index in [1.54, 1.807) is 10.8 Å². The highest BCUT2D eigenvalue weighted by molar-refractivity contribution is 5.77. The van der Waals surface area contributed by atoms with E-state index in [4.69, 9.17) is 0 Å². The first-order valence-electron chi connectivity index (χ1n) is 10.9. The van der Waals surface area contributed by atoms with E-state index >= 15 is 0 Å². The maximum Gasteiger partial charge on any atom is 0.223 e. The van der Waals surface area contributed by atoms with Gasteiger partial charge in [-0.25, -0.2) is 4.68 Å². The quantitative estimate of drug-likeness (QED) is 0.483. The van der Waals surface area contributed by atoms with Gasteiger partial charge in [-0.3, -0.25) is 4.79 Å². The highest BCUT2D eigenvalue weighted by Crippen LogP contribution is 2.20. The van der Waals surface area contributed by atoms with E-state index in [2.05, 4.69) is 49.6 Å². The molecule has 4 heterocycles. The van der Waals surface area contributed by atoms with Crippen molar-refractivity contribution >= 4 is 17.2 Å². The van der Waals surface area contributed by atoms with Crippen molar-refractivity contribution in [1.29, 1.82) is 0 Å². The van der Waals surface area contributed by atoms with Crippen molar-refractivity contribution in [2.45, 2.75) is 26.7 Å². The summed E-state index contributed by atoms with van der Waals surface area (Å²) >= 11 is 0. The summed E-state index contributed by atoms with van der Waals surface area (Å²) in [6.45, 7) is 7.25. The number of benzene rings is 1. The Morgan fingerprint density at radius 2 is 1.75 bits per heavy atom. The molecule has 0 radical (unpaired) electrons. The van der Waals surface area contributed by atoms with Crippen LogP contribution >= 0.6 is 0 Å². The number of anilines is 1. The van der Waals surface area contributed by atoms with Crippen LogP contribution in [0, 0.1) is 13.8 Å².